The summed E-state index contributed by atoms with van der Waals surface area (Å²) in [6.07, 6.45) is 9.20. The van der Waals surface area contributed by atoms with Gasteiger partial charge in [0.15, 0.2) is 0 Å². The normalized spacial score (nSPS) is 10.6. The van der Waals surface area contributed by atoms with Gasteiger partial charge in [-0.1, -0.05) is 39.0 Å². The average Bonchev–Trinajstić information content (AvgIpc) is 2.89. The molecular weight excluding hydrogens is 242 g/mol. The maximum Gasteiger partial charge on any atom is 0.341 e. The van der Waals surface area contributed by atoms with Crippen molar-refractivity contribution in [2.24, 2.45) is 0 Å². The Morgan fingerprint density at radius 3 is 2.74 bits per heavy atom. The Labute approximate surface area is 115 Å². The summed E-state index contributed by atoms with van der Waals surface area (Å²) >= 11 is 0. The van der Waals surface area contributed by atoms with Gasteiger partial charge < -0.3 is 14.5 Å². The maximum atomic E-state index is 11.2. The van der Waals surface area contributed by atoms with Gasteiger partial charge in [0, 0.05) is 0 Å². The Bertz CT molecular complexity index is 360. The third-order valence-electron chi connectivity index (χ3n) is 3.08. The maximum absolute atomic E-state index is 11.2. The Morgan fingerprint density at radius 1 is 1.26 bits per heavy atom. The Balaban J connectivity index is 2.06. The van der Waals surface area contributed by atoms with Crippen molar-refractivity contribution in [3.63, 3.8) is 0 Å². The topological polar surface area (TPSA) is 51.5 Å². The molecule has 1 heterocycles. The van der Waals surface area contributed by atoms with Crippen molar-refractivity contribution in [2.45, 2.75) is 52.0 Å². The second-order valence-corrected chi connectivity index (χ2v) is 4.74. The fourth-order valence-electron chi connectivity index (χ4n) is 1.94. The molecule has 0 aliphatic rings. The molecule has 1 rings (SSSR count). The zero-order valence-electron chi connectivity index (χ0n) is 12.0. The minimum Gasteiger partial charge on any atom is -0.467 e. The highest BCUT2D eigenvalue weighted by Crippen LogP contribution is 2.09. The first-order valence-electron chi connectivity index (χ1n) is 7.14. The molecule has 0 aliphatic carbocycles. The predicted octanol–water partition coefficient (Wildman–Crippen LogP) is 3.52. The molecule has 0 aromatic carbocycles. The second kappa shape index (κ2) is 9.62. The van der Waals surface area contributed by atoms with Gasteiger partial charge in [-0.3, -0.25) is 0 Å². The van der Waals surface area contributed by atoms with Crippen LogP contribution in [0, 0.1) is 0 Å². The lowest BCUT2D eigenvalue weighted by atomic mass is 10.1. The van der Waals surface area contributed by atoms with E-state index in [2.05, 4.69) is 17.0 Å². The van der Waals surface area contributed by atoms with Gasteiger partial charge in [-0.15, -0.1) is 0 Å². The molecule has 0 spiro atoms. The van der Waals surface area contributed by atoms with Crippen LogP contribution in [-0.2, 0) is 11.3 Å². The molecule has 108 valence electrons. The van der Waals surface area contributed by atoms with Crippen molar-refractivity contribution in [2.75, 3.05) is 13.7 Å². The zero-order valence-corrected chi connectivity index (χ0v) is 12.0. The van der Waals surface area contributed by atoms with Crippen molar-refractivity contribution in [1.82, 2.24) is 5.32 Å². The van der Waals surface area contributed by atoms with Crippen molar-refractivity contribution in [1.29, 1.82) is 0 Å². The molecule has 4 nitrogen and oxygen atoms in total. The van der Waals surface area contributed by atoms with Crippen molar-refractivity contribution in [3.8, 4) is 0 Å². The summed E-state index contributed by atoms with van der Waals surface area (Å²) in [6, 6.07) is 1.72. The minimum atomic E-state index is -0.356. The molecule has 0 radical (unpaired) electrons. The van der Waals surface area contributed by atoms with Gasteiger partial charge in [-0.2, -0.15) is 0 Å². The second-order valence-electron chi connectivity index (χ2n) is 4.74. The van der Waals surface area contributed by atoms with Crippen LogP contribution in [0.2, 0.25) is 0 Å². The van der Waals surface area contributed by atoms with E-state index in [0.29, 0.717) is 12.1 Å². The van der Waals surface area contributed by atoms with Crippen molar-refractivity contribution < 1.29 is 13.9 Å². The van der Waals surface area contributed by atoms with Gasteiger partial charge in [-0.25, -0.2) is 4.79 Å². The van der Waals surface area contributed by atoms with E-state index >= 15 is 0 Å². The molecule has 0 atom stereocenters. The van der Waals surface area contributed by atoms with Crippen LogP contribution >= 0.6 is 0 Å². The van der Waals surface area contributed by atoms with E-state index in [4.69, 9.17) is 4.42 Å². The lowest BCUT2D eigenvalue weighted by Crippen LogP contribution is -2.14. The molecule has 19 heavy (non-hydrogen) atoms. The molecule has 4 heteroatoms. The van der Waals surface area contributed by atoms with E-state index in [9.17, 15) is 4.79 Å². The summed E-state index contributed by atoms with van der Waals surface area (Å²) in [7, 11) is 1.37. The quantitative estimate of drug-likeness (QED) is 0.520. The molecule has 1 aromatic heterocycles. The van der Waals surface area contributed by atoms with E-state index in [1.807, 2.05) is 0 Å². The Kier molecular flexibility index (Phi) is 7.98. The molecule has 1 aromatic rings. The molecule has 0 bridgehead atoms. The fraction of sp³-hybridized carbons (Fsp3) is 0.667. The number of unbranched alkanes of at least 4 members (excludes halogenated alkanes) is 5. The lowest BCUT2D eigenvalue weighted by molar-refractivity contribution is 0.0600. The number of furan rings is 1. The number of methoxy groups -OCH3 is 1. The molecule has 1 N–H and O–H groups in total. The summed E-state index contributed by atoms with van der Waals surface area (Å²) in [4.78, 5) is 11.2. The molecule has 0 saturated heterocycles. The van der Waals surface area contributed by atoms with Gasteiger partial charge in [-0.05, 0) is 19.0 Å². The largest absolute Gasteiger partial charge is 0.467 e. The highest BCUT2D eigenvalue weighted by molar-refractivity contribution is 5.88. The number of hydrogen-bond donors (Lipinski definition) is 1. The van der Waals surface area contributed by atoms with Crippen LogP contribution < -0.4 is 5.32 Å². The van der Waals surface area contributed by atoms with E-state index in [1.54, 1.807) is 6.07 Å². The molecular formula is C15H25NO3. The van der Waals surface area contributed by atoms with E-state index in [-0.39, 0.29) is 5.97 Å². The summed E-state index contributed by atoms with van der Waals surface area (Å²) < 4.78 is 9.90. The van der Waals surface area contributed by atoms with E-state index in [1.165, 1.54) is 51.9 Å². The number of esters is 1. The van der Waals surface area contributed by atoms with Crippen LogP contribution in [0.25, 0.3) is 0 Å². The van der Waals surface area contributed by atoms with Crippen molar-refractivity contribution >= 4 is 5.97 Å². The summed E-state index contributed by atoms with van der Waals surface area (Å²) in [5.41, 5.74) is 0.471. The summed E-state index contributed by atoms with van der Waals surface area (Å²) in [6.45, 7) is 3.87. The Morgan fingerprint density at radius 2 is 2.00 bits per heavy atom. The minimum absolute atomic E-state index is 0.356. The monoisotopic (exact) mass is 267 g/mol. The standard InChI is InChI=1S/C15H25NO3/c1-3-4-5-6-7-8-9-16-11-14-10-13(12-19-14)15(17)18-2/h10,12,16H,3-9,11H2,1-2H3. The fourth-order valence-corrected chi connectivity index (χ4v) is 1.94. The predicted molar refractivity (Wildman–Crippen MR) is 75.1 cm³/mol. The molecule has 0 amide bonds. The van der Waals surface area contributed by atoms with Gasteiger partial charge in [0.05, 0.1) is 19.2 Å². The Hall–Kier alpha value is -1.29. The molecule has 0 saturated carbocycles. The highest BCUT2D eigenvalue weighted by atomic mass is 16.5. The van der Waals surface area contributed by atoms with E-state index < -0.39 is 0 Å². The number of hydrogen-bond acceptors (Lipinski definition) is 4. The third kappa shape index (κ3) is 6.43. The van der Waals surface area contributed by atoms with Crippen LogP contribution in [0.1, 0.15) is 61.6 Å². The molecule has 0 unspecified atom stereocenters. The van der Waals surface area contributed by atoms with Crippen LogP contribution in [0.4, 0.5) is 0 Å². The first kappa shape index (κ1) is 15.8. The third-order valence-corrected chi connectivity index (χ3v) is 3.08. The smallest absolute Gasteiger partial charge is 0.341 e. The number of carbonyl (C=O) groups is 1. The number of ether oxygens (including phenoxy) is 1. The first-order valence-corrected chi connectivity index (χ1v) is 7.14. The van der Waals surface area contributed by atoms with Crippen LogP contribution in [0.3, 0.4) is 0 Å². The summed E-state index contributed by atoms with van der Waals surface area (Å²) in [5.74, 6) is 0.414. The van der Waals surface area contributed by atoms with Crippen molar-refractivity contribution in [3.05, 3.63) is 23.7 Å². The van der Waals surface area contributed by atoms with Crippen LogP contribution in [-0.4, -0.2) is 19.6 Å². The van der Waals surface area contributed by atoms with Crippen LogP contribution in [0.15, 0.2) is 16.7 Å². The van der Waals surface area contributed by atoms with Crippen LogP contribution in [0.5, 0.6) is 0 Å². The first-order chi connectivity index (χ1) is 9.27. The van der Waals surface area contributed by atoms with Gasteiger partial charge >= 0.3 is 5.97 Å². The molecule has 0 aliphatic heterocycles. The number of carbonyl (C=O) groups excluding carboxylic acids is 1. The number of nitrogens with one attached hydrogen (secondary N) is 1. The van der Waals surface area contributed by atoms with Gasteiger partial charge in [0.1, 0.15) is 12.0 Å². The highest BCUT2D eigenvalue weighted by Gasteiger charge is 2.09. The zero-order chi connectivity index (χ0) is 13.9. The average molecular weight is 267 g/mol. The summed E-state index contributed by atoms with van der Waals surface area (Å²) in [5, 5.41) is 3.32. The molecule has 0 fully saturated rings. The SMILES string of the molecule is CCCCCCCCNCc1cc(C(=O)OC)co1. The van der Waals surface area contributed by atoms with Gasteiger partial charge in [0.25, 0.3) is 0 Å². The van der Waals surface area contributed by atoms with E-state index in [0.717, 1.165) is 12.3 Å². The number of rotatable bonds is 10. The van der Waals surface area contributed by atoms with Gasteiger partial charge in [0.2, 0.25) is 0 Å². The lowest BCUT2D eigenvalue weighted by Gasteiger charge is -2.02.